The molecule has 2 N–H and O–H groups in total. The van der Waals surface area contributed by atoms with Crippen LogP contribution >= 0.6 is 0 Å². The number of hydrogen-bond donors (Lipinski definition) is 2. The van der Waals surface area contributed by atoms with Crippen molar-refractivity contribution in [3.05, 3.63) is 35.4 Å². The lowest BCUT2D eigenvalue weighted by atomic mass is 10.0. The van der Waals surface area contributed by atoms with Gasteiger partial charge in [0.1, 0.15) is 0 Å². The molecule has 128 valence electrons. The summed E-state index contributed by atoms with van der Waals surface area (Å²) in [6.45, 7) is 7.95. The summed E-state index contributed by atoms with van der Waals surface area (Å²) in [6, 6.07) is 8.46. The number of rotatable bonds is 7. The fraction of sp³-hybridized carbons (Fsp3) is 0.611. The summed E-state index contributed by atoms with van der Waals surface area (Å²) in [5, 5.41) is 6.70. The average Bonchev–Trinajstić information content (AvgIpc) is 3.01. The number of aliphatic imine (C=N–C) groups is 1. The van der Waals surface area contributed by atoms with E-state index in [-0.39, 0.29) is 5.60 Å². The maximum Gasteiger partial charge on any atom is 0.191 e. The minimum absolute atomic E-state index is 0.0709. The van der Waals surface area contributed by atoms with Gasteiger partial charge in [-0.05, 0) is 37.8 Å². The summed E-state index contributed by atoms with van der Waals surface area (Å²) in [7, 11) is 1.79. The maximum atomic E-state index is 5.79. The molecule has 0 aromatic heterocycles. The second-order valence-electron chi connectivity index (χ2n) is 6.13. The third kappa shape index (κ3) is 5.84. The van der Waals surface area contributed by atoms with Crippen molar-refractivity contribution in [1.82, 2.24) is 10.6 Å². The van der Waals surface area contributed by atoms with E-state index in [4.69, 9.17) is 9.47 Å². The number of ether oxygens (including phenoxy) is 2. The van der Waals surface area contributed by atoms with Crippen LogP contribution in [0.2, 0.25) is 0 Å². The van der Waals surface area contributed by atoms with Crippen molar-refractivity contribution in [2.24, 2.45) is 4.99 Å². The lowest BCUT2D eigenvalue weighted by Crippen LogP contribution is -2.45. The highest BCUT2D eigenvalue weighted by atomic mass is 16.5. The van der Waals surface area contributed by atoms with Gasteiger partial charge in [-0.25, -0.2) is 0 Å². The van der Waals surface area contributed by atoms with E-state index in [9.17, 15) is 0 Å². The molecule has 1 aliphatic heterocycles. The monoisotopic (exact) mass is 319 g/mol. The molecule has 1 aromatic rings. The Morgan fingerprint density at radius 3 is 2.61 bits per heavy atom. The first-order valence-corrected chi connectivity index (χ1v) is 8.39. The molecule has 1 aromatic carbocycles. The second-order valence-corrected chi connectivity index (χ2v) is 6.13. The molecule has 23 heavy (non-hydrogen) atoms. The Hall–Kier alpha value is -1.59. The van der Waals surface area contributed by atoms with Crippen molar-refractivity contribution < 1.29 is 9.47 Å². The van der Waals surface area contributed by atoms with Gasteiger partial charge in [0.2, 0.25) is 0 Å². The van der Waals surface area contributed by atoms with Gasteiger partial charge in [-0.1, -0.05) is 24.3 Å². The topological polar surface area (TPSA) is 54.9 Å². The third-order valence-electron chi connectivity index (χ3n) is 4.11. The third-order valence-corrected chi connectivity index (χ3v) is 4.11. The minimum Gasteiger partial charge on any atom is -0.377 e. The first-order chi connectivity index (χ1) is 11.1. The van der Waals surface area contributed by atoms with Crippen molar-refractivity contribution in [3.63, 3.8) is 0 Å². The highest BCUT2D eigenvalue weighted by Crippen LogP contribution is 2.23. The Balaban J connectivity index is 1.76. The lowest BCUT2D eigenvalue weighted by Gasteiger charge is -2.24. The molecule has 1 heterocycles. The Kier molecular flexibility index (Phi) is 6.86. The highest BCUT2D eigenvalue weighted by molar-refractivity contribution is 5.79. The van der Waals surface area contributed by atoms with Crippen LogP contribution in [-0.4, -0.2) is 38.4 Å². The summed E-state index contributed by atoms with van der Waals surface area (Å²) < 4.78 is 11.2. The highest BCUT2D eigenvalue weighted by Gasteiger charge is 2.29. The molecular weight excluding hydrogens is 290 g/mol. The molecule has 1 unspecified atom stereocenters. The van der Waals surface area contributed by atoms with Crippen LogP contribution in [0.4, 0.5) is 0 Å². The molecule has 0 bridgehead atoms. The molecule has 0 aliphatic carbocycles. The molecule has 0 radical (unpaired) electrons. The second kappa shape index (κ2) is 8.89. The molecular formula is C18H29N3O2. The van der Waals surface area contributed by atoms with Gasteiger partial charge in [0, 0.05) is 33.4 Å². The number of hydrogen-bond acceptors (Lipinski definition) is 3. The van der Waals surface area contributed by atoms with Gasteiger partial charge in [-0.3, -0.25) is 4.99 Å². The molecule has 2 rings (SSSR count). The van der Waals surface area contributed by atoms with E-state index >= 15 is 0 Å². The van der Waals surface area contributed by atoms with Crippen LogP contribution in [0.15, 0.2) is 29.3 Å². The number of nitrogens with zero attached hydrogens (tertiary/aromatic N) is 1. The van der Waals surface area contributed by atoms with Crippen LogP contribution < -0.4 is 10.6 Å². The van der Waals surface area contributed by atoms with E-state index in [1.165, 1.54) is 11.1 Å². The zero-order valence-corrected chi connectivity index (χ0v) is 14.5. The van der Waals surface area contributed by atoms with Crippen LogP contribution in [-0.2, 0) is 22.6 Å². The van der Waals surface area contributed by atoms with Crippen molar-refractivity contribution in [2.75, 3.05) is 26.8 Å². The van der Waals surface area contributed by atoms with E-state index in [1.807, 2.05) is 6.92 Å². The van der Waals surface area contributed by atoms with Gasteiger partial charge in [0.15, 0.2) is 5.96 Å². The molecule has 1 saturated heterocycles. The molecule has 1 atom stereocenters. The predicted octanol–water partition coefficient (Wildman–Crippen LogP) is 2.46. The number of benzene rings is 1. The van der Waals surface area contributed by atoms with Crippen LogP contribution in [0.3, 0.4) is 0 Å². The molecule has 1 fully saturated rings. The van der Waals surface area contributed by atoms with Gasteiger partial charge >= 0.3 is 0 Å². The number of guanidine groups is 1. The molecule has 0 saturated carbocycles. The van der Waals surface area contributed by atoms with E-state index in [0.29, 0.717) is 6.61 Å². The summed E-state index contributed by atoms with van der Waals surface area (Å²) in [5.74, 6) is 0.806. The van der Waals surface area contributed by atoms with Crippen LogP contribution in [0, 0.1) is 0 Å². The zero-order chi connectivity index (χ0) is 16.5. The lowest BCUT2D eigenvalue weighted by molar-refractivity contribution is 0.0243. The Bertz CT molecular complexity index is 493. The molecule has 0 amide bonds. The van der Waals surface area contributed by atoms with Gasteiger partial charge in [-0.2, -0.15) is 0 Å². The van der Waals surface area contributed by atoms with E-state index in [1.54, 1.807) is 7.05 Å². The van der Waals surface area contributed by atoms with E-state index in [0.717, 1.165) is 45.1 Å². The molecule has 1 aliphatic rings. The maximum absolute atomic E-state index is 5.79. The Morgan fingerprint density at radius 2 is 2.00 bits per heavy atom. The van der Waals surface area contributed by atoms with Crippen molar-refractivity contribution in [3.8, 4) is 0 Å². The Morgan fingerprint density at radius 1 is 1.26 bits per heavy atom. The smallest absolute Gasteiger partial charge is 0.191 e. The minimum atomic E-state index is -0.0709. The van der Waals surface area contributed by atoms with Gasteiger partial charge in [-0.15, -0.1) is 0 Å². The van der Waals surface area contributed by atoms with Gasteiger partial charge in [0.05, 0.1) is 12.2 Å². The first-order valence-electron chi connectivity index (χ1n) is 8.39. The summed E-state index contributed by atoms with van der Waals surface area (Å²) in [6.07, 6.45) is 2.23. The summed E-state index contributed by atoms with van der Waals surface area (Å²) in [5.41, 5.74) is 2.35. The molecule has 5 nitrogen and oxygen atoms in total. The molecule has 5 heteroatoms. The fourth-order valence-electron chi connectivity index (χ4n) is 2.63. The van der Waals surface area contributed by atoms with E-state index in [2.05, 4.69) is 46.8 Å². The standard InChI is InChI=1S/C18H29N3O2/c1-4-22-13-16-8-6-15(7-9-16)12-20-17(19-3)21-14-18(2)10-5-11-23-18/h6-9H,4-5,10-14H2,1-3H3,(H2,19,20,21). The number of nitrogens with one attached hydrogen (secondary N) is 2. The normalized spacial score (nSPS) is 21.4. The zero-order valence-electron chi connectivity index (χ0n) is 14.5. The van der Waals surface area contributed by atoms with Crippen molar-refractivity contribution in [2.45, 2.75) is 45.4 Å². The Labute approximate surface area is 139 Å². The summed E-state index contributed by atoms with van der Waals surface area (Å²) >= 11 is 0. The van der Waals surface area contributed by atoms with Gasteiger partial charge in [0.25, 0.3) is 0 Å². The SMILES string of the molecule is CCOCc1ccc(CNC(=NC)NCC2(C)CCCO2)cc1. The summed E-state index contributed by atoms with van der Waals surface area (Å²) in [4.78, 5) is 4.27. The van der Waals surface area contributed by atoms with Gasteiger partial charge < -0.3 is 20.1 Å². The molecule has 0 spiro atoms. The van der Waals surface area contributed by atoms with E-state index < -0.39 is 0 Å². The van der Waals surface area contributed by atoms with Crippen LogP contribution in [0.1, 0.15) is 37.8 Å². The first kappa shape index (κ1) is 17.8. The average molecular weight is 319 g/mol. The van der Waals surface area contributed by atoms with Crippen LogP contribution in [0.25, 0.3) is 0 Å². The van der Waals surface area contributed by atoms with Crippen LogP contribution in [0.5, 0.6) is 0 Å². The predicted molar refractivity (Wildman–Crippen MR) is 93.6 cm³/mol. The fourth-order valence-corrected chi connectivity index (χ4v) is 2.63. The van der Waals surface area contributed by atoms with Crippen molar-refractivity contribution in [1.29, 1.82) is 0 Å². The van der Waals surface area contributed by atoms with Crippen molar-refractivity contribution >= 4 is 5.96 Å². The largest absolute Gasteiger partial charge is 0.377 e. The quantitative estimate of drug-likeness (QED) is 0.599.